The highest BCUT2D eigenvalue weighted by Gasteiger charge is 2.05. The minimum atomic E-state index is -0.359. The van der Waals surface area contributed by atoms with Crippen molar-refractivity contribution in [1.29, 1.82) is 0 Å². The number of thiocarbonyl (C=S) groups is 1. The highest BCUT2D eigenvalue weighted by molar-refractivity contribution is 7.80. The molecule has 4 nitrogen and oxygen atoms in total. The van der Waals surface area contributed by atoms with Gasteiger partial charge in [-0.05, 0) is 60.1 Å². The lowest BCUT2D eigenvalue weighted by molar-refractivity contribution is 0.0601. The van der Waals surface area contributed by atoms with E-state index in [1.807, 2.05) is 12.1 Å². The van der Waals surface area contributed by atoms with Crippen LogP contribution in [0.3, 0.4) is 0 Å². The molecule has 0 saturated heterocycles. The maximum Gasteiger partial charge on any atom is 0.337 e. The number of carbonyl (C=O) groups excluding carboxylic acids is 1. The summed E-state index contributed by atoms with van der Waals surface area (Å²) < 4.78 is 4.67. The molecule has 0 aliphatic heterocycles. The van der Waals surface area contributed by atoms with E-state index < -0.39 is 0 Å². The van der Waals surface area contributed by atoms with E-state index in [9.17, 15) is 4.79 Å². The van der Waals surface area contributed by atoms with E-state index in [-0.39, 0.29) is 5.97 Å². The summed E-state index contributed by atoms with van der Waals surface area (Å²) in [5.74, 6) is 0.143. The molecule has 0 amide bonds. The van der Waals surface area contributed by atoms with Crippen molar-refractivity contribution < 1.29 is 9.53 Å². The van der Waals surface area contributed by atoms with Gasteiger partial charge in [-0.3, -0.25) is 0 Å². The Morgan fingerprint density at radius 3 is 1.87 bits per heavy atom. The van der Waals surface area contributed by atoms with Crippen LogP contribution in [0.25, 0.3) is 0 Å². The Morgan fingerprint density at radius 2 is 1.43 bits per heavy atom. The predicted molar refractivity (Wildman–Crippen MR) is 98.2 cm³/mol. The second-order valence-corrected chi connectivity index (χ2v) is 5.83. The second-order valence-electron chi connectivity index (χ2n) is 5.42. The first-order valence-electron chi connectivity index (χ1n) is 7.36. The van der Waals surface area contributed by atoms with E-state index in [0.717, 1.165) is 11.4 Å². The van der Waals surface area contributed by atoms with Gasteiger partial charge in [-0.1, -0.05) is 26.0 Å². The molecule has 5 heteroatoms. The van der Waals surface area contributed by atoms with Gasteiger partial charge in [0, 0.05) is 11.4 Å². The van der Waals surface area contributed by atoms with Gasteiger partial charge in [0.05, 0.1) is 12.7 Å². The fourth-order valence-corrected chi connectivity index (χ4v) is 2.29. The van der Waals surface area contributed by atoms with Gasteiger partial charge < -0.3 is 15.4 Å². The normalized spacial score (nSPS) is 10.3. The summed E-state index contributed by atoms with van der Waals surface area (Å²) in [6, 6.07) is 15.1. The number of carbonyl (C=O) groups is 1. The Kier molecular flexibility index (Phi) is 5.71. The zero-order valence-corrected chi connectivity index (χ0v) is 14.2. The first-order chi connectivity index (χ1) is 11.0. The monoisotopic (exact) mass is 328 g/mol. The molecule has 0 aliphatic carbocycles. The molecule has 2 aromatic rings. The van der Waals surface area contributed by atoms with Crippen LogP contribution in [0, 0.1) is 0 Å². The molecule has 2 aromatic carbocycles. The first-order valence-corrected chi connectivity index (χ1v) is 7.76. The van der Waals surface area contributed by atoms with E-state index in [0.29, 0.717) is 16.6 Å². The summed E-state index contributed by atoms with van der Waals surface area (Å²) in [5, 5.41) is 6.71. The summed E-state index contributed by atoms with van der Waals surface area (Å²) in [6.45, 7) is 4.32. The third-order valence-corrected chi connectivity index (χ3v) is 3.60. The maximum atomic E-state index is 11.4. The number of ether oxygens (including phenoxy) is 1. The highest BCUT2D eigenvalue weighted by atomic mass is 32.1. The molecule has 0 aliphatic rings. The lowest BCUT2D eigenvalue weighted by Crippen LogP contribution is -2.19. The molecule has 0 heterocycles. The minimum absolute atomic E-state index is 0.359. The molecule has 0 aromatic heterocycles. The van der Waals surface area contributed by atoms with Crippen molar-refractivity contribution in [2.45, 2.75) is 19.8 Å². The van der Waals surface area contributed by atoms with E-state index >= 15 is 0 Å². The van der Waals surface area contributed by atoms with Crippen molar-refractivity contribution in [1.82, 2.24) is 0 Å². The number of nitrogens with one attached hydrogen (secondary N) is 2. The number of methoxy groups -OCH3 is 1. The molecule has 2 N–H and O–H groups in total. The Hall–Kier alpha value is -2.40. The van der Waals surface area contributed by atoms with Gasteiger partial charge in [-0.15, -0.1) is 0 Å². The van der Waals surface area contributed by atoms with Crippen LogP contribution in [0.5, 0.6) is 0 Å². The van der Waals surface area contributed by atoms with Crippen molar-refractivity contribution in [2.24, 2.45) is 0 Å². The van der Waals surface area contributed by atoms with Crippen LogP contribution in [-0.4, -0.2) is 18.2 Å². The van der Waals surface area contributed by atoms with Gasteiger partial charge in [0.2, 0.25) is 0 Å². The molecular weight excluding hydrogens is 308 g/mol. The maximum absolute atomic E-state index is 11.4. The van der Waals surface area contributed by atoms with Crippen molar-refractivity contribution in [2.75, 3.05) is 17.7 Å². The smallest absolute Gasteiger partial charge is 0.337 e. The Labute approximate surface area is 141 Å². The predicted octanol–water partition coefficient (Wildman–Crippen LogP) is 4.41. The number of esters is 1. The van der Waals surface area contributed by atoms with Gasteiger partial charge in [0.25, 0.3) is 0 Å². The number of hydrogen-bond donors (Lipinski definition) is 2. The quantitative estimate of drug-likeness (QED) is 0.643. The van der Waals surface area contributed by atoms with Crippen LogP contribution in [0.2, 0.25) is 0 Å². The molecule has 0 atom stereocenters. The standard InChI is InChI=1S/C18H20N2O2S/c1-12(2)13-4-8-15(9-5-13)19-18(23)20-16-10-6-14(7-11-16)17(21)22-3/h4-12H,1-3H3,(H2,19,20,23). The van der Waals surface area contributed by atoms with E-state index in [1.54, 1.807) is 24.3 Å². The first kappa shape index (κ1) is 17.0. The zero-order chi connectivity index (χ0) is 16.8. The molecule has 120 valence electrons. The van der Waals surface area contributed by atoms with Crippen molar-refractivity contribution in [3.8, 4) is 0 Å². The molecule has 0 unspecified atom stereocenters. The zero-order valence-electron chi connectivity index (χ0n) is 13.4. The second kappa shape index (κ2) is 7.74. The van der Waals surface area contributed by atoms with Crippen LogP contribution >= 0.6 is 12.2 Å². The average molecular weight is 328 g/mol. The Balaban J connectivity index is 1.95. The third kappa shape index (κ3) is 4.79. The molecule has 2 rings (SSSR count). The molecule has 0 saturated carbocycles. The number of anilines is 2. The van der Waals surface area contributed by atoms with Gasteiger partial charge in [-0.2, -0.15) is 0 Å². The minimum Gasteiger partial charge on any atom is -0.465 e. The molecule has 0 radical (unpaired) electrons. The Bertz CT molecular complexity index is 679. The van der Waals surface area contributed by atoms with Crippen molar-refractivity contribution in [3.63, 3.8) is 0 Å². The van der Waals surface area contributed by atoms with Crippen LogP contribution in [-0.2, 0) is 4.74 Å². The number of benzene rings is 2. The largest absolute Gasteiger partial charge is 0.465 e. The molecule has 0 fully saturated rings. The Morgan fingerprint density at radius 1 is 0.957 bits per heavy atom. The average Bonchev–Trinajstić information content (AvgIpc) is 2.55. The van der Waals surface area contributed by atoms with Crippen LogP contribution in [0.4, 0.5) is 11.4 Å². The van der Waals surface area contributed by atoms with Crippen LogP contribution in [0.1, 0.15) is 35.7 Å². The van der Waals surface area contributed by atoms with Gasteiger partial charge in [-0.25, -0.2) is 4.79 Å². The van der Waals surface area contributed by atoms with E-state index in [2.05, 4.69) is 41.4 Å². The van der Waals surface area contributed by atoms with E-state index in [1.165, 1.54) is 12.7 Å². The molecular formula is C18H20N2O2S. The summed E-state index contributed by atoms with van der Waals surface area (Å²) in [7, 11) is 1.36. The fraction of sp³-hybridized carbons (Fsp3) is 0.222. The number of hydrogen-bond acceptors (Lipinski definition) is 3. The lowest BCUT2D eigenvalue weighted by Gasteiger charge is -2.12. The van der Waals surface area contributed by atoms with E-state index in [4.69, 9.17) is 12.2 Å². The molecule has 0 spiro atoms. The summed E-state index contributed by atoms with van der Waals surface area (Å²) in [4.78, 5) is 11.4. The van der Waals surface area contributed by atoms with Crippen molar-refractivity contribution >= 4 is 34.7 Å². The van der Waals surface area contributed by atoms with Crippen molar-refractivity contribution in [3.05, 3.63) is 59.7 Å². The van der Waals surface area contributed by atoms with Gasteiger partial charge in [0.15, 0.2) is 5.11 Å². The number of rotatable bonds is 4. The SMILES string of the molecule is COC(=O)c1ccc(NC(=S)Nc2ccc(C(C)C)cc2)cc1. The van der Waals surface area contributed by atoms with Gasteiger partial charge in [0.1, 0.15) is 0 Å². The molecule has 0 bridgehead atoms. The summed E-state index contributed by atoms with van der Waals surface area (Å²) in [5.41, 5.74) is 3.51. The van der Waals surface area contributed by atoms with Gasteiger partial charge >= 0.3 is 5.97 Å². The van der Waals surface area contributed by atoms with Crippen LogP contribution in [0.15, 0.2) is 48.5 Å². The summed E-state index contributed by atoms with van der Waals surface area (Å²) in [6.07, 6.45) is 0. The topological polar surface area (TPSA) is 50.4 Å². The fourth-order valence-electron chi connectivity index (χ4n) is 2.05. The summed E-state index contributed by atoms with van der Waals surface area (Å²) >= 11 is 5.30. The lowest BCUT2D eigenvalue weighted by atomic mass is 10.0. The van der Waals surface area contributed by atoms with Crippen LogP contribution < -0.4 is 10.6 Å². The third-order valence-electron chi connectivity index (χ3n) is 3.40. The molecule has 23 heavy (non-hydrogen) atoms. The highest BCUT2D eigenvalue weighted by Crippen LogP contribution is 2.17.